The Labute approximate surface area is 119 Å². The number of hydrogen-bond acceptors (Lipinski definition) is 2. The Kier molecular flexibility index (Phi) is 3.52. The van der Waals surface area contributed by atoms with Gasteiger partial charge in [-0.3, -0.25) is 0 Å². The van der Waals surface area contributed by atoms with Crippen molar-refractivity contribution in [2.75, 3.05) is 6.54 Å². The lowest BCUT2D eigenvalue weighted by Crippen LogP contribution is -2.08. The molecular weight excluding hydrogens is 246 g/mol. The number of imidazole rings is 1. The lowest BCUT2D eigenvalue weighted by Gasteiger charge is -2.10. The summed E-state index contributed by atoms with van der Waals surface area (Å²) >= 11 is 0. The first-order valence-corrected chi connectivity index (χ1v) is 6.96. The second-order valence-electron chi connectivity index (χ2n) is 5.24. The molecule has 1 heterocycles. The predicted octanol–water partition coefficient (Wildman–Crippen LogP) is 3.15. The van der Waals surface area contributed by atoms with E-state index in [1.807, 2.05) is 24.5 Å². The minimum Gasteiger partial charge on any atom is -0.330 e. The van der Waals surface area contributed by atoms with E-state index in [0.29, 0.717) is 12.5 Å². The summed E-state index contributed by atoms with van der Waals surface area (Å²) in [6.07, 6.45) is 1.90. The van der Waals surface area contributed by atoms with Crippen LogP contribution in [0.2, 0.25) is 0 Å². The lowest BCUT2D eigenvalue weighted by molar-refractivity contribution is 0.770. The summed E-state index contributed by atoms with van der Waals surface area (Å²) in [4.78, 5) is 4.42. The molecule has 1 unspecified atom stereocenters. The fourth-order valence-electron chi connectivity index (χ4n) is 2.42. The maximum atomic E-state index is 5.70. The number of nitrogens with zero attached hydrogens (tertiary/aromatic N) is 2. The summed E-state index contributed by atoms with van der Waals surface area (Å²) in [7, 11) is 0. The molecule has 2 aromatic carbocycles. The van der Waals surface area contributed by atoms with E-state index in [4.69, 9.17) is 5.73 Å². The molecule has 3 aromatic rings. The highest BCUT2D eigenvalue weighted by atomic mass is 15.0. The lowest BCUT2D eigenvalue weighted by atomic mass is 10.00. The van der Waals surface area contributed by atoms with E-state index >= 15 is 0 Å². The molecule has 3 heteroatoms. The van der Waals surface area contributed by atoms with E-state index in [1.165, 1.54) is 16.6 Å². The Balaban J connectivity index is 1.84. The van der Waals surface area contributed by atoms with Crippen LogP contribution in [0.1, 0.15) is 24.0 Å². The number of fused-ring (bicyclic) bond motifs is 1. The van der Waals surface area contributed by atoms with E-state index in [-0.39, 0.29) is 0 Å². The molecule has 0 radical (unpaired) electrons. The minimum atomic E-state index is 0.415. The van der Waals surface area contributed by atoms with Crippen molar-refractivity contribution in [2.45, 2.75) is 19.4 Å². The number of nitrogens with two attached hydrogens (primary N) is 1. The minimum absolute atomic E-state index is 0.415. The molecule has 20 heavy (non-hydrogen) atoms. The molecule has 0 aliphatic carbocycles. The van der Waals surface area contributed by atoms with Crippen molar-refractivity contribution in [2.24, 2.45) is 5.73 Å². The Morgan fingerprint density at radius 3 is 2.60 bits per heavy atom. The molecule has 0 aliphatic rings. The highest BCUT2D eigenvalue weighted by molar-refractivity contribution is 5.75. The van der Waals surface area contributed by atoms with Crippen molar-refractivity contribution in [3.63, 3.8) is 0 Å². The largest absolute Gasteiger partial charge is 0.330 e. The van der Waals surface area contributed by atoms with Crippen LogP contribution in [0.3, 0.4) is 0 Å². The van der Waals surface area contributed by atoms with E-state index in [2.05, 4.69) is 46.8 Å². The molecule has 3 rings (SSSR count). The van der Waals surface area contributed by atoms with Gasteiger partial charge in [0.1, 0.15) is 0 Å². The SMILES string of the molecule is CC(CN)c1ccc(Cn2cnc3ccccc32)cc1. The molecule has 3 nitrogen and oxygen atoms in total. The van der Waals surface area contributed by atoms with E-state index in [0.717, 1.165) is 12.1 Å². The number of rotatable bonds is 4. The fourth-order valence-corrected chi connectivity index (χ4v) is 2.42. The van der Waals surface area contributed by atoms with E-state index < -0.39 is 0 Å². The monoisotopic (exact) mass is 265 g/mol. The third kappa shape index (κ3) is 2.45. The molecule has 0 amide bonds. The van der Waals surface area contributed by atoms with Crippen molar-refractivity contribution < 1.29 is 0 Å². The first-order valence-electron chi connectivity index (χ1n) is 6.96. The standard InChI is InChI=1S/C17H19N3/c1-13(10-18)15-8-6-14(7-9-15)11-20-12-19-16-4-2-3-5-17(16)20/h2-9,12-13H,10-11,18H2,1H3. The predicted molar refractivity (Wildman–Crippen MR) is 82.7 cm³/mol. The zero-order valence-electron chi connectivity index (χ0n) is 11.7. The highest BCUT2D eigenvalue weighted by Gasteiger charge is 2.05. The average Bonchev–Trinajstić information content (AvgIpc) is 2.91. The van der Waals surface area contributed by atoms with Crippen LogP contribution in [-0.4, -0.2) is 16.1 Å². The van der Waals surface area contributed by atoms with Gasteiger partial charge in [-0.25, -0.2) is 4.98 Å². The first-order chi connectivity index (χ1) is 9.78. The number of hydrogen-bond donors (Lipinski definition) is 1. The molecule has 0 spiro atoms. The van der Waals surface area contributed by atoms with Gasteiger partial charge in [0, 0.05) is 6.54 Å². The quantitative estimate of drug-likeness (QED) is 0.787. The number of para-hydroxylation sites is 2. The van der Waals surface area contributed by atoms with Crippen molar-refractivity contribution in [3.05, 3.63) is 66.0 Å². The van der Waals surface area contributed by atoms with Crippen molar-refractivity contribution in [1.82, 2.24) is 9.55 Å². The highest BCUT2D eigenvalue weighted by Crippen LogP contribution is 2.17. The second kappa shape index (κ2) is 5.47. The molecule has 0 saturated heterocycles. The molecule has 0 bridgehead atoms. The summed E-state index contributed by atoms with van der Waals surface area (Å²) in [6.45, 7) is 3.68. The van der Waals surface area contributed by atoms with Gasteiger partial charge in [-0.1, -0.05) is 43.3 Å². The molecule has 0 saturated carbocycles. The Morgan fingerprint density at radius 2 is 1.85 bits per heavy atom. The van der Waals surface area contributed by atoms with Gasteiger partial charge in [-0.2, -0.15) is 0 Å². The van der Waals surface area contributed by atoms with Crippen LogP contribution < -0.4 is 5.73 Å². The molecular formula is C17H19N3. The molecule has 1 aromatic heterocycles. The maximum absolute atomic E-state index is 5.70. The normalized spacial score (nSPS) is 12.7. The van der Waals surface area contributed by atoms with Crippen LogP contribution in [0.5, 0.6) is 0 Å². The third-order valence-corrected chi connectivity index (χ3v) is 3.78. The van der Waals surface area contributed by atoms with Crippen molar-refractivity contribution in [3.8, 4) is 0 Å². The Morgan fingerprint density at radius 1 is 1.10 bits per heavy atom. The van der Waals surface area contributed by atoms with Crippen LogP contribution in [-0.2, 0) is 6.54 Å². The first kappa shape index (κ1) is 12.9. The zero-order chi connectivity index (χ0) is 13.9. The topological polar surface area (TPSA) is 43.8 Å². The summed E-state index contributed by atoms with van der Waals surface area (Å²) in [5, 5.41) is 0. The second-order valence-corrected chi connectivity index (χ2v) is 5.24. The van der Waals surface area contributed by atoms with Crippen molar-refractivity contribution in [1.29, 1.82) is 0 Å². The van der Waals surface area contributed by atoms with Crippen LogP contribution in [0.4, 0.5) is 0 Å². The van der Waals surface area contributed by atoms with Crippen LogP contribution >= 0.6 is 0 Å². The number of benzene rings is 2. The Bertz CT molecular complexity index is 698. The molecule has 0 fully saturated rings. The van der Waals surface area contributed by atoms with Crippen LogP contribution in [0.15, 0.2) is 54.9 Å². The maximum Gasteiger partial charge on any atom is 0.0961 e. The average molecular weight is 265 g/mol. The van der Waals surface area contributed by atoms with Gasteiger partial charge in [0.05, 0.1) is 17.4 Å². The molecule has 2 N–H and O–H groups in total. The van der Waals surface area contributed by atoms with Gasteiger partial charge in [0.25, 0.3) is 0 Å². The van der Waals surface area contributed by atoms with Gasteiger partial charge < -0.3 is 10.3 Å². The third-order valence-electron chi connectivity index (χ3n) is 3.78. The van der Waals surface area contributed by atoms with Gasteiger partial charge in [0.15, 0.2) is 0 Å². The van der Waals surface area contributed by atoms with Gasteiger partial charge in [-0.15, -0.1) is 0 Å². The van der Waals surface area contributed by atoms with Gasteiger partial charge in [0.2, 0.25) is 0 Å². The Hall–Kier alpha value is -2.13. The van der Waals surface area contributed by atoms with E-state index in [1.54, 1.807) is 0 Å². The smallest absolute Gasteiger partial charge is 0.0961 e. The molecule has 1 atom stereocenters. The van der Waals surface area contributed by atoms with Gasteiger partial charge >= 0.3 is 0 Å². The van der Waals surface area contributed by atoms with Crippen LogP contribution in [0.25, 0.3) is 11.0 Å². The molecule has 102 valence electrons. The van der Waals surface area contributed by atoms with E-state index in [9.17, 15) is 0 Å². The summed E-state index contributed by atoms with van der Waals surface area (Å²) in [5.74, 6) is 0.415. The molecule has 0 aliphatic heterocycles. The van der Waals surface area contributed by atoms with Gasteiger partial charge in [-0.05, 0) is 35.7 Å². The summed E-state index contributed by atoms with van der Waals surface area (Å²) in [6, 6.07) is 16.9. The zero-order valence-corrected chi connectivity index (χ0v) is 11.7. The fraction of sp³-hybridized carbons (Fsp3) is 0.235. The van der Waals surface area contributed by atoms with Crippen LogP contribution in [0, 0.1) is 0 Å². The summed E-state index contributed by atoms with van der Waals surface area (Å²) in [5.41, 5.74) is 10.5. The van der Waals surface area contributed by atoms with Crippen molar-refractivity contribution >= 4 is 11.0 Å². The number of aromatic nitrogens is 2. The summed E-state index contributed by atoms with van der Waals surface area (Å²) < 4.78 is 2.18.